The first-order chi connectivity index (χ1) is 6.66. The summed E-state index contributed by atoms with van der Waals surface area (Å²) < 4.78 is 0. The monoisotopic (exact) mass is 190 g/mol. The third-order valence-electron chi connectivity index (χ3n) is 2.36. The van der Waals surface area contributed by atoms with E-state index < -0.39 is 0 Å². The summed E-state index contributed by atoms with van der Waals surface area (Å²) in [6.07, 6.45) is 2.00. The lowest BCUT2D eigenvalue weighted by Gasteiger charge is -2.07. The van der Waals surface area contributed by atoms with Gasteiger partial charge in [-0.25, -0.2) is 0 Å². The van der Waals surface area contributed by atoms with Gasteiger partial charge in [-0.1, -0.05) is 6.07 Å². The molecule has 0 radical (unpaired) electrons. The van der Waals surface area contributed by atoms with Gasteiger partial charge in [0.25, 0.3) is 0 Å². The predicted octanol–water partition coefficient (Wildman–Crippen LogP) is 1.60. The highest BCUT2D eigenvalue weighted by atomic mass is 16.3. The Morgan fingerprint density at radius 2 is 2.07 bits per heavy atom. The molecular weight excluding hydrogens is 176 g/mol. The SMILES string of the molecule is CN(C)/N=C1\CCc2ccc(O)cc21. The molecule has 2 rings (SSSR count). The number of nitrogens with zero attached hydrogens (tertiary/aromatic N) is 2. The van der Waals surface area contributed by atoms with E-state index in [-0.39, 0.29) is 0 Å². The van der Waals surface area contributed by atoms with E-state index >= 15 is 0 Å². The second kappa shape index (κ2) is 3.33. The number of hydrogen-bond donors (Lipinski definition) is 1. The Balaban J connectivity index is 2.43. The number of hydrogen-bond acceptors (Lipinski definition) is 3. The van der Waals surface area contributed by atoms with E-state index in [4.69, 9.17) is 0 Å². The van der Waals surface area contributed by atoms with Crippen LogP contribution in [-0.4, -0.2) is 29.9 Å². The van der Waals surface area contributed by atoms with Gasteiger partial charge in [0, 0.05) is 19.7 Å². The quantitative estimate of drug-likeness (QED) is 0.683. The van der Waals surface area contributed by atoms with Crippen LogP contribution in [0.1, 0.15) is 17.5 Å². The normalized spacial score (nSPS) is 17.1. The number of rotatable bonds is 1. The van der Waals surface area contributed by atoms with Crippen LogP contribution >= 0.6 is 0 Å². The molecule has 0 amide bonds. The van der Waals surface area contributed by atoms with Crippen molar-refractivity contribution in [3.8, 4) is 5.75 Å². The van der Waals surface area contributed by atoms with Crippen molar-refractivity contribution >= 4 is 5.71 Å². The first-order valence-electron chi connectivity index (χ1n) is 4.74. The lowest BCUT2D eigenvalue weighted by atomic mass is 10.1. The van der Waals surface area contributed by atoms with Crippen molar-refractivity contribution in [2.24, 2.45) is 5.10 Å². The molecule has 0 heterocycles. The molecule has 1 aliphatic rings. The molecule has 3 heteroatoms. The minimum absolute atomic E-state index is 0.317. The number of phenolic OH excluding ortho intramolecular Hbond substituents is 1. The van der Waals surface area contributed by atoms with E-state index in [0.29, 0.717) is 5.75 Å². The van der Waals surface area contributed by atoms with Gasteiger partial charge in [0.15, 0.2) is 0 Å². The Morgan fingerprint density at radius 1 is 1.29 bits per heavy atom. The van der Waals surface area contributed by atoms with Crippen LogP contribution in [0.25, 0.3) is 0 Å². The van der Waals surface area contributed by atoms with Gasteiger partial charge in [0.05, 0.1) is 5.71 Å². The molecule has 0 aromatic heterocycles. The highest BCUT2D eigenvalue weighted by Crippen LogP contribution is 2.26. The van der Waals surface area contributed by atoms with Gasteiger partial charge in [-0.3, -0.25) is 0 Å². The van der Waals surface area contributed by atoms with Crippen LogP contribution in [0.3, 0.4) is 0 Å². The third kappa shape index (κ3) is 1.58. The topological polar surface area (TPSA) is 35.8 Å². The number of benzene rings is 1. The summed E-state index contributed by atoms with van der Waals surface area (Å²) >= 11 is 0. The second-order valence-electron chi connectivity index (χ2n) is 3.74. The average Bonchev–Trinajstić information content (AvgIpc) is 2.47. The Kier molecular flexibility index (Phi) is 2.15. The molecule has 0 saturated heterocycles. The molecule has 1 aromatic carbocycles. The zero-order valence-electron chi connectivity index (χ0n) is 8.49. The Hall–Kier alpha value is -1.51. The van der Waals surface area contributed by atoms with Crippen LogP contribution < -0.4 is 0 Å². The van der Waals surface area contributed by atoms with Crippen LogP contribution in [0.15, 0.2) is 23.3 Å². The Morgan fingerprint density at radius 3 is 2.79 bits per heavy atom. The summed E-state index contributed by atoms with van der Waals surface area (Å²) in [6, 6.07) is 5.50. The van der Waals surface area contributed by atoms with Gasteiger partial charge in [-0.05, 0) is 30.5 Å². The zero-order valence-corrected chi connectivity index (χ0v) is 8.49. The van der Waals surface area contributed by atoms with Gasteiger partial charge in [-0.2, -0.15) is 5.10 Å². The summed E-state index contributed by atoms with van der Waals surface area (Å²) in [7, 11) is 3.82. The predicted molar refractivity (Wildman–Crippen MR) is 56.7 cm³/mol. The van der Waals surface area contributed by atoms with Gasteiger partial charge < -0.3 is 10.1 Å². The summed E-state index contributed by atoms with van der Waals surface area (Å²) in [5.41, 5.74) is 3.45. The van der Waals surface area contributed by atoms with Crippen molar-refractivity contribution in [3.05, 3.63) is 29.3 Å². The zero-order chi connectivity index (χ0) is 10.1. The lowest BCUT2D eigenvalue weighted by Crippen LogP contribution is -2.07. The Bertz CT molecular complexity index is 383. The molecule has 0 saturated carbocycles. The van der Waals surface area contributed by atoms with Crippen molar-refractivity contribution in [2.75, 3.05) is 14.1 Å². The number of hydrazone groups is 1. The second-order valence-corrected chi connectivity index (χ2v) is 3.74. The number of phenols is 1. The minimum Gasteiger partial charge on any atom is -0.508 e. The molecule has 1 aliphatic carbocycles. The van der Waals surface area contributed by atoms with Crippen LogP contribution in [0, 0.1) is 0 Å². The van der Waals surface area contributed by atoms with E-state index in [0.717, 1.165) is 24.1 Å². The molecule has 0 bridgehead atoms. The van der Waals surface area contributed by atoms with E-state index in [2.05, 4.69) is 5.10 Å². The van der Waals surface area contributed by atoms with E-state index in [1.54, 1.807) is 17.1 Å². The summed E-state index contributed by atoms with van der Waals surface area (Å²) in [6.45, 7) is 0. The number of aromatic hydroxyl groups is 1. The molecule has 3 nitrogen and oxygen atoms in total. The van der Waals surface area contributed by atoms with Crippen LogP contribution in [-0.2, 0) is 6.42 Å². The fraction of sp³-hybridized carbons (Fsp3) is 0.364. The molecule has 14 heavy (non-hydrogen) atoms. The maximum atomic E-state index is 9.38. The molecule has 0 atom stereocenters. The smallest absolute Gasteiger partial charge is 0.116 e. The molecule has 1 N–H and O–H groups in total. The maximum Gasteiger partial charge on any atom is 0.116 e. The molecule has 1 aromatic rings. The maximum absolute atomic E-state index is 9.38. The van der Waals surface area contributed by atoms with Crippen molar-refractivity contribution in [3.63, 3.8) is 0 Å². The molecule has 0 aliphatic heterocycles. The van der Waals surface area contributed by atoms with Crippen LogP contribution in [0.5, 0.6) is 5.75 Å². The molecule has 0 fully saturated rings. The molecule has 0 unspecified atom stereocenters. The molecule has 0 spiro atoms. The third-order valence-corrected chi connectivity index (χ3v) is 2.36. The van der Waals surface area contributed by atoms with Gasteiger partial charge in [-0.15, -0.1) is 0 Å². The summed E-state index contributed by atoms with van der Waals surface area (Å²) in [4.78, 5) is 0. The van der Waals surface area contributed by atoms with Crippen LogP contribution in [0.2, 0.25) is 0 Å². The standard InChI is InChI=1S/C11H14N2O/c1-13(2)12-11-6-4-8-3-5-9(14)7-10(8)11/h3,5,7,14H,4,6H2,1-2H3/b12-11+. The first kappa shape index (κ1) is 9.06. The molecule has 74 valence electrons. The van der Waals surface area contributed by atoms with Crippen molar-refractivity contribution in [2.45, 2.75) is 12.8 Å². The van der Waals surface area contributed by atoms with Crippen LogP contribution in [0.4, 0.5) is 0 Å². The van der Waals surface area contributed by atoms with Gasteiger partial charge in [0.1, 0.15) is 5.75 Å². The summed E-state index contributed by atoms with van der Waals surface area (Å²) in [5, 5.41) is 15.6. The van der Waals surface area contributed by atoms with E-state index in [9.17, 15) is 5.11 Å². The fourth-order valence-electron chi connectivity index (χ4n) is 1.78. The van der Waals surface area contributed by atoms with Crippen molar-refractivity contribution in [1.82, 2.24) is 5.01 Å². The number of fused-ring (bicyclic) bond motifs is 1. The average molecular weight is 190 g/mol. The Labute approximate surface area is 83.7 Å². The highest BCUT2D eigenvalue weighted by Gasteiger charge is 2.18. The fourth-order valence-corrected chi connectivity index (χ4v) is 1.78. The van der Waals surface area contributed by atoms with Crippen molar-refractivity contribution in [1.29, 1.82) is 0 Å². The largest absolute Gasteiger partial charge is 0.508 e. The first-order valence-corrected chi connectivity index (χ1v) is 4.74. The number of aryl methyl sites for hydroxylation is 1. The van der Waals surface area contributed by atoms with Crippen molar-refractivity contribution < 1.29 is 5.11 Å². The molecular formula is C11H14N2O. The van der Waals surface area contributed by atoms with E-state index in [1.807, 2.05) is 20.2 Å². The highest BCUT2D eigenvalue weighted by molar-refractivity contribution is 6.04. The van der Waals surface area contributed by atoms with Gasteiger partial charge >= 0.3 is 0 Å². The van der Waals surface area contributed by atoms with Gasteiger partial charge in [0.2, 0.25) is 0 Å². The minimum atomic E-state index is 0.317. The lowest BCUT2D eigenvalue weighted by molar-refractivity contribution is 0.437. The summed E-state index contributed by atoms with van der Waals surface area (Å²) in [5.74, 6) is 0.317. The van der Waals surface area contributed by atoms with E-state index in [1.165, 1.54) is 5.56 Å².